The van der Waals surface area contributed by atoms with Crippen molar-refractivity contribution in [1.29, 1.82) is 0 Å². The van der Waals surface area contributed by atoms with Crippen LogP contribution in [-0.4, -0.2) is 34.2 Å². The number of fused-ring (bicyclic) bond motifs is 3. The van der Waals surface area contributed by atoms with E-state index in [0.717, 1.165) is 98.6 Å². The van der Waals surface area contributed by atoms with Gasteiger partial charge in [0.2, 0.25) is 18.2 Å². The van der Waals surface area contributed by atoms with Crippen molar-refractivity contribution in [3.8, 4) is 11.3 Å². The lowest BCUT2D eigenvalue weighted by atomic mass is 9.53. The third kappa shape index (κ3) is 4.59. The monoisotopic (exact) mass is 562 g/mol. The number of carbonyl (C=O) groups is 1. The lowest BCUT2D eigenvalue weighted by Crippen LogP contribution is -2.53. The van der Waals surface area contributed by atoms with Crippen LogP contribution in [0, 0.1) is 17.3 Å². The van der Waals surface area contributed by atoms with Gasteiger partial charge in [-0.15, -0.1) is 0 Å². The number of halogens is 2. The molecule has 1 aromatic carbocycles. The summed E-state index contributed by atoms with van der Waals surface area (Å²) in [5.74, 6) is 2.48. The summed E-state index contributed by atoms with van der Waals surface area (Å²) in [5, 5.41) is 8.60. The molecule has 3 aromatic rings. The number of carbonyl (C=O) groups excluding carboxylic acids is 1. The molecule has 0 saturated heterocycles. The summed E-state index contributed by atoms with van der Waals surface area (Å²) in [6, 6.07) is 9.94. The largest absolute Gasteiger partial charge is 0.360 e. The van der Waals surface area contributed by atoms with Crippen LogP contribution in [0.1, 0.15) is 106 Å². The Kier molecular flexibility index (Phi) is 5.91. The van der Waals surface area contributed by atoms with E-state index in [9.17, 15) is 13.6 Å². The van der Waals surface area contributed by atoms with Gasteiger partial charge in [-0.05, 0) is 94.6 Å². The van der Waals surface area contributed by atoms with Gasteiger partial charge in [-0.2, -0.15) is 4.98 Å². The number of anilines is 1. The second-order valence-electron chi connectivity index (χ2n) is 13.6. The van der Waals surface area contributed by atoms with Crippen molar-refractivity contribution >= 4 is 11.6 Å². The summed E-state index contributed by atoms with van der Waals surface area (Å²) in [7, 11) is 0. The van der Waals surface area contributed by atoms with Crippen LogP contribution in [0.25, 0.3) is 11.3 Å². The molecule has 2 aromatic heterocycles. The minimum atomic E-state index is -2.36. The zero-order valence-electron chi connectivity index (χ0n) is 23.2. The summed E-state index contributed by atoms with van der Waals surface area (Å²) in [6.45, 7) is 0.602. The fourth-order valence-corrected chi connectivity index (χ4v) is 7.52. The van der Waals surface area contributed by atoms with Crippen LogP contribution in [-0.2, 0) is 10.2 Å². The zero-order valence-corrected chi connectivity index (χ0v) is 23.2. The molecule has 2 bridgehead atoms. The van der Waals surface area contributed by atoms with Gasteiger partial charge in [-0.3, -0.25) is 4.79 Å². The number of aromatic nitrogens is 3. The van der Waals surface area contributed by atoms with Gasteiger partial charge >= 0.3 is 0 Å². The zero-order chi connectivity index (χ0) is 27.8. The second-order valence-corrected chi connectivity index (χ2v) is 13.6. The van der Waals surface area contributed by atoms with Crippen LogP contribution >= 0.6 is 0 Å². The summed E-state index contributed by atoms with van der Waals surface area (Å²) in [6.07, 6.45) is 8.59. The summed E-state index contributed by atoms with van der Waals surface area (Å²) >= 11 is 0. The maximum atomic E-state index is 14.0. The molecule has 216 valence electrons. The average Bonchev–Trinajstić information content (AvgIpc) is 3.90. The maximum Gasteiger partial charge on any atom is 0.241 e. The van der Waals surface area contributed by atoms with E-state index in [1.165, 1.54) is 0 Å². The third-order valence-electron chi connectivity index (χ3n) is 10.8. The molecule has 6 aliphatic rings. The Morgan fingerprint density at radius 1 is 0.951 bits per heavy atom. The lowest BCUT2D eigenvalue weighted by molar-refractivity contribution is -0.129. The van der Waals surface area contributed by atoms with E-state index >= 15 is 0 Å². The molecule has 6 fully saturated rings. The van der Waals surface area contributed by atoms with Crippen LogP contribution < -0.4 is 4.90 Å². The molecule has 41 heavy (non-hydrogen) atoms. The van der Waals surface area contributed by atoms with E-state index in [4.69, 9.17) is 14.0 Å². The minimum Gasteiger partial charge on any atom is -0.360 e. The van der Waals surface area contributed by atoms with Crippen molar-refractivity contribution in [2.75, 3.05) is 11.4 Å². The van der Waals surface area contributed by atoms with E-state index in [1.807, 2.05) is 35.2 Å². The first-order valence-corrected chi connectivity index (χ1v) is 15.4. The van der Waals surface area contributed by atoms with E-state index in [-0.39, 0.29) is 35.5 Å². The quantitative estimate of drug-likeness (QED) is 0.270. The smallest absolute Gasteiger partial charge is 0.241 e. The Labute approximate surface area is 238 Å². The van der Waals surface area contributed by atoms with Gasteiger partial charge < -0.3 is 13.9 Å². The summed E-state index contributed by atoms with van der Waals surface area (Å²) in [4.78, 5) is 20.7. The van der Waals surface area contributed by atoms with Crippen molar-refractivity contribution in [3.05, 3.63) is 47.8 Å². The van der Waals surface area contributed by atoms with Crippen LogP contribution in [0.15, 0.2) is 39.4 Å². The van der Waals surface area contributed by atoms with Gasteiger partial charge in [-0.25, -0.2) is 8.78 Å². The molecule has 0 spiro atoms. The molecule has 6 aliphatic carbocycles. The molecule has 2 heterocycles. The summed E-state index contributed by atoms with van der Waals surface area (Å²) < 4.78 is 38.0. The van der Waals surface area contributed by atoms with Crippen LogP contribution in [0.3, 0.4) is 0 Å². The van der Waals surface area contributed by atoms with Crippen molar-refractivity contribution in [2.24, 2.45) is 17.3 Å². The molecule has 9 heteroatoms. The maximum absolute atomic E-state index is 14.0. The highest BCUT2D eigenvalue weighted by molar-refractivity contribution is 5.96. The predicted octanol–water partition coefficient (Wildman–Crippen LogP) is 7.40. The fraction of sp³-hybridized carbons (Fsp3) is 0.625. The predicted molar refractivity (Wildman–Crippen MR) is 147 cm³/mol. The van der Waals surface area contributed by atoms with Gasteiger partial charge in [0.15, 0.2) is 5.82 Å². The first-order chi connectivity index (χ1) is 19.9. The van der Waals surface area contributed by atoms with Crippen molar-refractivity contribution in [1.82, 2.24) is 15.3 Å². The molecule has 0 unspecified atom stereocenters. The van der Waals surface area contributed by atoms with Gasteiger partial charge in [0.25, 0.3) is 0 Å². The molecular weight excluding hydrogens is 526 g/mol. The van der Waals surface area contributed by atoms with Crippen LogP contribution in [0.4, 0.5) is 14.5 Å². The Balaban J connectivity index is 1.04. The normalized spacial score (nSPS) is 30.9. The lowest BCUT2D eigenvalue weighted by Gasteiger charge is -2.53. The molecule has 0 radical (unpaired) electrons. The van der Waals surface area contributed by atoms with E-state index in [0.29, 0.717) is 18.4 Å². The van der Waals surface area contributed by atoms with E-state index in [1.54, 1.807) is 0 Å². The second kappa shape index (κ2) is 9.46. The molecular formula is C32H36F2N4O3. The standard InChI is InChI=1S/C32H36F2N4O3/c33-27(34)22-14-23(15-22)29(39)38(24-3-1-2-21(16-24)25-17-26(40-36-25)19-4-5-19)18-31-8-11-32(12-9-31,13-10-31)30-35-28(37-41-30)20-6-7-20/h1-3,16-17,19-20,22-23,27H,4-15,18H2. The van der Waals surface area contributed by atoms with Gasteiger partial charge in [0, 0.05) is 52.9 Å². The molecule has 1 amide bonds. The number of alkyl halides is 2. The number of rotatable bonds is 9. The van der Waals surface area contributed by atoms with Gasteiger partial charge in [-0.1, -0.05) is 22.4 Å². The van der Waals surface area contributed by atoms with Crippen LogP contribution in [0.5, 0.6) is 0 Å². The topological polar surface area (TPSA) is 85.3 Å². The van der Waals surface area contributed by atoms with Gasteiger partial charge in [0.05, 0.1) is 0 Å². The summed E-state index contributed by atoms with van der Waals surface area (Å²) in [5.41, 5.74) is 2.42. The minimum absolute atomic E-state index is 0.00828. The fourth-order valence-electron chi connectivity index (χ4n) is 7.52. The molecule has 7 nitrogen and oxygen atoms in total. The number of benzene rings is 1. The van der Waals surface area contributed by atoms with Crippen molar-refractivity contribution < 1.29 is 22.6 Å². The Hall–Kier alpha value is -3.10. The molecule has 6 saturated carbocycles. The Bertz CT molecular complexity index is 1430. The highest BCUT2D eigenvalue weighted by Gasteiger charge is 2.54. The number of amides is 1. The number of hydrogen-bond acceptors (Lipinski definition) is 6. The first kappa shape index (κ1) is 25.6. The van der Waals surface area contributed by atoms with Crippen molar-refractivity contribution in [3.63, 3.8) is 0 Å². The Morgan fingerprint density at radius 3 is 2.37 bits per heavy atom. The molecule has 0 aliphatic heterocycles. The average molecular weight is 563 g/mol. The molecule has 9 rings (SSSR count). The van der Waals surface area contributed by atoms with Crippen molar-refractivity contribution in [2.45, 2.75) is 101 Å². The highest BCUT2D eigenvalue weighted by Crippen LogP contribution is 2.58. The SMILES string of the molecule is O=C(C1CC(C(F)F)C1)N(CC12CCC(c3nc(C4CC4)no3)(CC1)CC2)c1cccc(-c2cc(C3CC3)on2)c1. The van der Waals surface area contributed by atoms with Crippen LogP contribution in [0.2, 0.25) is 0 Å². The Morgan fingerprint density at radius 2 is 1.68 bits per heavy atom. The van der Waals surface area contributed by atoms with Gasteiger partial charge in [0.1, 0.15) is 11.5 Å². The van der Waals surface area contributed by atoms with E-state index < -0.39 is 12.3 Å². The molecule has 0 atom stereocenters. The molecule has 0 N–H and O–H groups in total. The number of nitrogens with zero attached hydrogens (tertiary/aromatic N) is 4. The van der Waals surface area contributed by atoms with E-state index in [2.05, 4.69) is 10.3 Å². The third-order valence-corrected chi connectivity index (χ3v) is 10.8. The first-order valence-electron chi connectivity index (χ1n) is 15.4. The highest BCUT2D eigenvalue weighted by atomic mass is 19.3. The number of hydrogen-bond donors (Lipinski definition) is 0.